The summed E-state index contributed by atoms with van der Waals surface area (Å²) in [6.45, 7) is 3.22. The summed E-state index contributed by atoms with van der Waals surface area (Å²) in [6, 6.07) is 2.31. The van der Waals surface area contributed by atoms with Crippen molar-refractivity contribution in [2.24, 2.45) is 0 Å². The molecule has 0 saturated heterocycles. The molecule has 8 nitrogen and oxygen atoms in total. The van der Waals surface area contributed by atoms with E-state index in [1.807, 2.05) is 4.90 Å². The number of carbonyl (C=O) groups is 3. The molecule has 0 aliphatic carbocycles. The third kappa shape index (κ3) is 6.38. The fourth-order valence-corrected chi connectivity index (χ4v) is 4.31. The van der Waals surface area contributed by atoms with Gasteiger partial charge in [0.05, 0.1) is 12.3 Å². The van der Waals surface area contributed by atoms with E-state index in [1.54, 1.807) is 7.11 Å². The van der Waals surface area contributed by atoms with Crippen LogP contribution in [0.3, 0.4) is 0 Å². The number of rotatable bonds is 5. The number of ether oxygens (including phenoxy) is 1. The number of halogens is 1. The number of anilines is 1. The highest BCUT2D eigenvalue weighted by molar-refractivity contribution is 9.10. The fraction of sp³-hybridized carbons (Fsp3) is 0.450. The van der Waals surface area contributed by atoms with Gasteiger partial charge in [0.2, 0.25) is 5.91 Å². The lowest BCUT2D eigenvalue weighted by Gasteiger charge is -2.32. The van der Waals surface area contributed by atoms with E-state index in [4.69, 9.17) is 14.9 Å². The normalized spacial score (nSPS) is 15.8. The van der Waals surface area contributed by atoms with Crippen molar-refractivity contribution in [2.75, 3.05) is 38.3 Å². The van der Waals surface area contributed by atoms with Gasteiger partial charge in [0.25, 0.3) is 0 Å². The van der Waals surface area contributed by atoms with Gasteiger partial charge in [-0.15, -0.1) is 0 Å². The third-order valence-electron chi connectivity index (χ3n) is 4.70. The molecule has 0 bridgehead atoms. The monoisotopic (exact) mass is 468 g/mol. The van der Waals surface area contributed by atoms with Crippen molar-refractivity contribution >= 4 is 39.5 Å². The van der Waals surface area contributed by atoms with Crippen LogP contribution in [0.4, 0.5) is 5.69 Å². The number of hydrogen-bond acceptors (Lipinski definition) is 5. The molecule has 0 radical (unpaired) electrons. The maximum absolute atomic E-state index is 12.3. The van der Waals surface area contributed by atoms with E-state index in [1.165, 1.54) is 16.7 Å². The van der Waals surface area contributed by atoms with Crippen LogP contribution in [0.25, 0.3) is 0 Å². The molecule has 29 heavy (non-hydrogen) atoms. The number of aryl methyl sites for hydroxylation is 1. The van der Waals surface area contributed by atoms with E-state index < -0.39 is 11.9 Å². The van der Waals surface area contributed by atoms with Crippen LogP contribution < -0.4 is 10.2 Å². The molecule has 0 unspecified atom stereocenters. The topological polar surface area (TPSA) is 116 Å². The predicted molar refractivity (Wildman–Crippen MR) is 111 cm³/mol. The van der Waals surface area contributed by atoms with E-state index in [-0.39, 0.29) is 5.91 Å². The second-order valence-electron chi connectivity index (χ2n) is 6.63. The van der Waals surface area contributed by atoms with Gasteiger partial charge in [0.1, 0.15) is 0 Å². The van der Waals surface area contributed by atoms with Gasteiger partial charge in [0, 0.05) is 36.7 Å². The maximum atomic E-state index is 12.3. The Labute approximate surface area is 177 Å². The van der Waals surface area contributed by atoms with Crippen LogP contribution in [-0.4, -0.2) is 61.4 Å². The zero-order valence-corrected chi connectivity index (χ0v) is 17.8. The average Bonchev–Trinajstić information content (AvgIpc) is 2.92. The summed E-state index contributed by atoms with van der Waals surface area (Å²) >= 11 is 3.78. The Morgan fingerprint density at radius 3 is 2.41 bits per heavy atom. The van der Waals surface area contributed by atoms with Crippen LogP contribution in [-0.2, 0) is 38.4 Å². The van der Waals surface area contributed by atoms with Gasteiger partial charge < -0.3 is 25.2 Å². The number of nitrogens with one attached hydrogen (secondary N) is 1. The van der Waals surface area contributed by atoms with Crippen molar-refractivity contribution in [2.45, 2.75) is 25.7 Å². The largest absolute Gasteiger partial charge is 0.478 e. The second kappa shape index (κ2) is 11.1. The number of hydrogen-bond donors (Lipinski definition) is 3. The van der Waals surface area contributed by atoms with Crippen LogP contribution in [0.1, 0.15) is 23.1 Å². The SMILES string of the molecule is COCCN1C(=O)CCc2cc3c(c(Br)c21)CCNCC3.O=C(O)/C=C/C(=O)O. The standard InChI is InChI=1S/C16H21BrN2O2.C4H4O4/c1-21-9-8-19-14(20)3-2-12-10-11-4-6-18-7-5-13(11)15(17)16(12)19;5-3(6)1-2-4(7)8/h10,18H,2-9H2,1H3;1-2H,(H,5,6)(H,7,8)/b;2-1+. The zero-order chi connectivity index (χ0) is 21.4. The summed E-state index contributed by atoms with van der Waals surface area (Å²) in [6.07, 6.45) is 4.63. The molecule has 3 rings (SSSR count). The smallest absolute Gasteiger partial charge is 0.328 e. The minimum Gasteiger partial charge on any atom is -0.478 e. The minimum absolute atomic E-state index is 0.201. The second-order valence-corrected chi connectivity index (χ2v) is 7.43. The Bertz CT molecular complexity index is 793. The fourth-order valence-electron chi connectivity index (χ4n) is 3.39. The van der Waals surface area contributed by atoms with Crippen LogP contribution >= 0.6 is 15.9 Å². The summed E-state index contributed by atoms with van der Waals surface area (Å²) < 4.78 is 6.28. The van der Waals surface area contributed by atoms with E-state index >= 15 is 0 Å². The zero-order valence-electron chi connectivity index (χ0n) is 16.2. The quantitative estimate of drug-likeness (QED) is 0.563. The van der Waals surface area contributed by atoms with Gasteiger partial charge in [0.15, 0.2) is 0 Å². The van der Waals surface area contributed by atoms with E-state index in [2.05, 4.69) is 27.3 Å². The number of amides is 1. The molecule has 158 valence electrons. The molecule has 2 heterocycles. The first-order valence-corrected chi connectivity index (χ1v) is 10.1. The Balaban J connectivity index is 0.000000321. The lowest BCUT2D eigenvalue weighted by Crippen LogP contribution is -2.38. The van der Waals surface area contributed by atoms with Gasteiger partial charge >= 0.3 is 11.9 Å². The number of benzene rings is 1. The lowest BCUT2D eigenvalue weighted by atomic mass is 9.93. The molecule has 1 aromatic rings. The van der Waals surface area contributed by atoms with Gasteiger partial charge in [-0.05, 0) is 65.0 Å². The number of methoxy groups -OCH3 is 1. The van der Waals surface area contributed by atoms with Gasteiger partial charge in [-0.1, -0.05) is 6.07 Å². The molecule has 2 aliphatic heterocycles. The van der Waals surface area contributed by atoms with Crippen molar-refractivity contribution in [3.8, 4) is 0 Å². The van der Waals surface area contributed by atoms with E-state index in [0.29, 0.717) is 31.7 Å². The molecule has 2 aliphatic rings. The van der Waals surface area contributed by atoms with Crippen molar-refractivity contribution in [3.05, 3.63) is 39.4 Å². The van der Waals surface area contributed by atoms with Crippen LogP contribution in [0.2, 0.25) is 0 Å². The summed E-state index contributed by atoms with van der Waals surface area (Å²) in [5, 5.41) is 19.1. The molecular formula is C20H25BrN2O6. The molecule has 0 aromatic heterocycles. The molecule has 0 fully saturated rings. The summed E-state index contributed by atoms with van der Waals surface area (Å²) in [5.74, 6) is -2.31. The number of fused-ring (bicyclic) bond motifs is 2. The van der Waals surface area contributed by atoms with E-state index in [0.717, 1.165) is 42.5 Å². The first-order chi connectivity index (χ1) is 13.8. The number of nitrogens with zero attached hydrogens (tertiary/aromatic N) is 1. The number of carboxylic acids is 2. The van der Waals surface area contributed by atoms with Crippen LogP contribution in [0.15, 0.2) is 22.7 Å². The average molecular weight is 469 g/mol. The Hall–Kier alpha value is -2.23. The van der Waals surface area contributed by atoms with E-state index in [9.17, 15) is 14.4 Å². The molecule has 1 aromatic carbocycles. The number of carboxylic acid groups (broad SMARTS) is 2. The van der Waals surface area contributed by atoms with Crippen LogP contribution in [0, 0.1) is 0 Å². The summed E-state index contributed by atoms with van der Waals surface area (Å²) in [5.41, 5.74) is 5.14. The molecule has 9 heteroatoms. The molecule has 3 N–H and O–H groups in total. The van der Waals surface area contributed by atoms with Crippen molar-refractivity contribution in [3.63, 3.8) is 0 Å². The highest BCUT2D eigenvalue weighted by atomic mass is 79.9. The molecular weight excluding hydrogens is 444 g/mol. The van der Waals surface area contributed by atoms with Gasteiger partial charge in [-0.25, -0.2) is 9.59 Å². The third-order valence-corrected chi connectivity index (χ3v) is 5.56. The van der Waals surface area contributed by atoms with Crippen molar-refractivity contribution < 1.29 is 29.3 Å². The first-order valence-electron chi connectivity index (χ1n) is 9.32. The number of carbonyl (C=O) groups excluding carboxylic acids is 1. The summed E-state index contributed by atoms with van der Waals surface area (Å²) in [7, 11) is 1.67. The van der Waals surface area contributed by atoms with Crippen molar-refractivity contribution in [1.29, 1.82) is 0 Å². The number of aliphatic carboxylic acids is 2. The van der Waals surface area contributed by atoms with Gasteiger partial charge in [-0.3, -0.25) is 4.79 Å². The molecule has 0 saturated carbocycles. The molecule has 0 atom stereocenters. The Kier molecular flexibility index (Phi) is 8.81. The minimum atomic E-state index is -1.26. The highest BCUT2D eigenvalue weighted by Gasteiger charge is 2.28. The van der Waals surface area contributed by atoms with Crippen LogP contribution in [0.5, 0.6) is 0 Å². The Morgan fingerprint density at radius 1 is 1.14 bits per heavy atom. The Morgan fingerprint density at radius 2 is 1.79 bits per heavy atom. The highest BCUT2D eigenvalue weighted by Crippen LogP contribution is 2.40. The van der Waals surface area contributed by atoms with Crippen molar-refractivity contribution in [1.82, 2.24) is 5.32 Å². The predicted octanol–water partition coefficient (Wildman–Crippen LogP) is 1.77. The molecule has 0 spiro atoms. The summed E-state index contributed by atoms with van der Waals surface area (Å²) in [4.78, 5) is 33.3. The maximum Gasteiger partial charge on any atom is 0.328 e. The first kappa shape index (κ1) is 23.1. The lowest BCUT2D eigenvalue weighted by molar-refractivity contribution is -0.134. The molecule has 1 amide bonds. The van der Waals surface area contributed by atoms with Gasteiger partial charge in [-0.2, -0.15) is 0 Å².